The van der Waals surface area contributed by atoms with E-state index in [-0.39, 0.29) is 18.1 Å². The number of benzene rings is 2. The van der Waals surface area contributed by atoms with E-state index in [4.69, 9.17) is 9.47 Å². The number of phenolic OH excluding ortho intramolecular Hbond substituents is 1. The molecule has 30 heavy (non-hydrogen) atoms. The number of carbonyl (C=O) groups excluding carboxylic acids is 2. The third-order valence-corrected chi connectivity index (χ3v) is 5.61. The highest BCUT2D eigenvalue weighted by atomic mass is 32.2. The third kappa shape index (κ3) is 7.18. The molecule has 0 aromatic heterocycles. The number of rotatable bonds is 9. The molecule has 0 fully saturated rings. The molecule has 0 heterocycles. The number of hydrogen-bond acceptors (Lipinski definition) is 7. The Labute approximate surface area is 186 Å². The second-order valence-corrected chi connectivity index (χ2v) is 8.54. The van der Waals surface area contributed by atoms with Gasteiger partial charge in [-0.1, -0.05) is 26.0 Å². The van der Waals surface area contributed by atoms with Gasteiger partial charge >= 0.3 is 12.1 Å². The average molecular weight is 450 g/mol. The smallest absolute Gasteiger partial charge is 0.412 e. The number of amides is 1. The summed E-state index contributed by atoms with van der Waals surface area (Å²) in [6.07, 6.45) is 1.23. The van der Waals surface area contributed by atoms with Crippen LogP contribution in [0.2, 0.25) is 0 Å². The lowest BCUT2D eigenvalue weighted by atomic mass is 9.80. The van der Waals surface area contributed by atoms with Gasteiger partial charge in [-0.3, -0.25) is 10.1 Å². The lowest BCUT2D eigenvalue weighted by molar-refractivity contribution is -0.141. The summed E-state index contributed by atoms with van der Waals surface area (Å²) in [5.41, 5.74) is 0.808. The van der Waals surface area contributed by atoms with Crippen molar-refractivity contribution in [3.8, 4) is 5.75 Å². The number of anilines is 1. The van der Waals surface area contributed by atoms with Crippen LogP contribution in [0.1, 0.15) is 31.9 Å². The summed E-state index contributed by atoms with van der Waals surface area (Å²) in [5.74, 6) is -0.269. The largest absolute Gasteiger partial charge is 0.508 e. The first-order valence-corrected chi connectivity index (χ1v) is 11.3. The number of carbonyl (C=O) groups is 2. The highest BCUT2D eigenvalue weighted by Gasteiger charge is 2.34. The first-order valence-electron chi connectivity index (χ1n) is 9.42. The molecule has 0 aliphatic carbocycles. The molecule has 2 aromatic rings. The minimum atomic E-state index is -0.627. The van der Waals surface area contributed by atoms with E-state index in [1.807, 2.05) is 44.4 Å². The Morgan fingerprint density at radius 3 is 2.33 bits per heavy atom. The van der Waals surface area contributed by atoms with Gasteiger partial charge in [-0.15, -0.1) is 11.8 Å². The van der Waals surface area contributed by atoms with Crippen LogP contribution in [0.5, 0.6) is 5.75 Å². The van der Waals surface area contributed by atoms with Crippen molar-refractivity contribution in [1.29, 1.82) is 0 Å². The predicted molar refractivity (Wildman–Crippen MR) is 122 cm³/mol. The first kappa shape index (κ1) is 24.0. The zero-order valence-corrected chi connectivity index (χ0v) is 19.0. The van der Waals surface area contributed by atoms with Gasteiger partial charge in [0, 0.05) is 16.0 Å². The van der Waals surface area contributed by atoms with Crippen molar-refractivity contribution in [1.82, 2.24) is 0 Å². The molecule has 6 nitrogen and oxygen atoms in total. The molecule has 0 radical (unpaired) electrons. The molecule has 2 N–H and O–H groups in total. The van der Waals surface area contributed by atoms with Gasteiger partial charge in [-0.25, -0.2) is 4.79 Å². The number of ether oxygens (including phenoxy) is 2. The van der Waals surface area contributed by atoms with Crippen LogP contribution < -0.4 is 5.32 Å². The summed E-state index contributed by atoms with van der Waals surface area (Å²) >= 11 is 5.51. The van der Waals surface area contributed by atoms with E-state index < -0.39 is 23.6 Å². The first-order chi connectivity index (χ1) is 14.2. The van der Waals surface area contributed by atoms with Crippen molar-refractivity contribution in [3.05, 3.63) is 54.1 Å². The van der Waals surface area contributed by atoms with Gasteiger partial charge in [0.15, 0.2) is 0 Å². The van der Waals surface area contributed by atoms with Crippen LogP contribution in [0, 0.1) is 5.41 Å². The van der Waals surface area contributed by atoms with Crippen molar-refractivity contribution < 1.29 is 24.2 Å². The standard InChI is InChI=1S/C22H27NO5S2/c1-22(2,12-13-27-19(25)14-29)20(15-4-8-17(24)9-5-15)28-21(26)23-16-6-10-18(30-3)11-7-16/h4-11,20,24,29H,12-14H2,1-3H3,(H,23,26)/t20-/m1/s1. The highest BCUT2D eigenvalue weighted by Crippen LogP contribution is 2.40. The van der Waals surface area contributed by atoms with Crippen molar-refractivity contribution in [2.75, 3.05) is 23.9 Å². The van der Waals surface area contributed by atoms with Gasteiger partial charge < -0.3 is 14.6 Å². The van der Waals surface area contributed by atoms with Crippen LogP contribution in [0.4, 0.5) is 10.5 Å². The van der Waals surface area contributed by atoms with E-state index in [1.165, 1.54) is 0 Å². The molecule has 0 aliphatic rings. The fraction of sp³-hybridized carbons (Fsp3) is 0.364. The molecule has 8 heteroatoms. The van der Waals surface area contributed by atoms with Crippen LogP contribution in [0.3, 0.4) is 0 Å². The molecule has 0 saturated heterocycles. The van der Waals surface area contributed by atoms with E-state index in [0.717, 1.165) is 10.5 Å². The van der Waals surface area contributed by atoms with Gasteiger partial charge in [0.1, 0.15) is 11.9 Å². The maximum Gasteiger partial charge on any atom is 0.412 e. The van der Waals surface area contributed by atoms with Gasteiger partial charge in [-0.05, 0) is 54.6 Å². The summed E-state index contributed by atoms with van der Waals surface area (Å²) in [6, 6.07) is 14.0. The molecule has 0 saturated carbocycles. The lowest BCUT2D eigenvalue weighted by Gasteiger charge is -2.34. The molecule has 0 bridgehead atoms. The van der Waals surface area contributed by atoms with Crippen LogP contribution in [-0.2, 0) is 14.3 Å². The number of phenols is 1. The van der Waals surface area contributed by atoms with E-state index in [9.17, 15) is 14.7 Å². The minimum absolute atomic E-state index is 0.00997. The number of nitrogens with one attached hydrogen (secondary N) is 1. The fourth-order valence-corrected chi connectivity index (χ4v) is 3.36. The second kappa shape index (κ2) is 11.2. The Morgan fingerprint density at radius 2 is 1.77 bits per heavy atom. The van der Waals surface area contributed by atoms with E-state index in [1.54, 1.807) is 36.0 Å². The van der Waals surface area contributed by atoms with Crippen molar-refractivity contribution >= 4 is 42.1 Å². The zero-order valence-electron chi connectivity index (χ0n) is 17.3. The molecule has 2 rings (SSSR count). The number of thiol groups is 1. The molecule has 0 spiro atoms. The number of aromatic hydroxyl groups is 1. The van der Waals surface area contributed by atoms with Gasteiger partial charge in [0.25, 0.3) is 0 Å². The Morgan fingerprint density at radius 1 is 1.13 bits per heavy atom. The number of thioether (sulfide) groups is 1. The van der Waals surface area contributed by atoms with Crippen LogP contribution in [0.15, 0.2) is 53.4 Å². The van der Waals surface area contributed by atoms with Crippen LogP contribution >= 0.6 is 24.4 Å². The Hall–Kier alpha value is -2.32. The highest BCUT2D eigenvalue weighted by molar-refractivity contribution is 7.98. The minimum Gasteiger partial charge on any atom is -0.508 e. The monoisotopic (exact) mass is 449 g/mol. The molecular formula is C22H27NO5S2. The van der Waals surface area contributed by atoms with Crippen molar-refractivity contribution in [2.24, 2.45) is 5.41 Å². The van der Waals surface area contributed by atoms with Crippen LogP contribution in [0.25, 0.3) is 0 Å². The van der Waals surface area contributed by atoms with E-state index >= 15 is 0 Å². The normalized spacial score (nSPS) is 12.1. The van der Waals surface area contributed by atoms with Gasteiger partial charge in [0.2, 0.25) is 0 Å². The van der Waals surface area contributed by atoms with Crippen molar-refractivity contribution in [3.63, 3.8) is 0 Å². The van der Waals surface area contributed by atoms with E-state index in [2.05, 4.69) is 17.9 Å². The summed E-state index contributed by atoms with van der Waals surface area (Å²) < 4.78 is 10.9. The van der Waals surface area contributed by atoms with Gasteiger partial charge in [-0.2, -0.15) is 12.6 Å². The molecule has 0 aliphatic heterocycles. The topological polar surface area (TPSA) is 84.9 Å². The Balaban J connectivity index is 2.14. The molecule has 1 atom stereocenters. The summed E-state index contributed by atoms with van der Waals surface area (Å²) in [6.45, 7) is 4.04. The van der Waals surface area contributed by atoms with E-state index in [0.29, 0.717) is 12.1 Å². The Bertz CT molecular complexity index is 838. The average Bonchev–Trinajstić information content (AvgIpc) is 2.73. The maximum atomic E-state index is 12.6. The maximum absolute atomic E-state index is 12.6. The summed E-state index contributed by atoms with van der Waals surface area (Å²) in [7, 11) is 0. The quantitative estimate of drug-likeness (QED) is 0.274. The number of hydrogen-bond donors (Lipinski definition) is 3. The molecular weight excluding hydrogens is 422 g/mol. The zero-order chi connectivity index (χ0) is 22.1. The van der Waals surface area contributed by atoms with Crippen molar-refractivity contribution in [2.45, 2.75) is 31.3 Å². The molecule has 2 aromatic carbocycles. The van der Waals surface area contributed by atoms with Gasteiger partial charge in [0.05, 0.1) is 12.4 Å². The summed E-state index contributed by atoms with van der Waals surface area (Å²) in [5, 5.41) is 12.3. The lowest BCUT2D eigenvalue weighted by Crippen LogP contribution is -2.30. The predicted octanol–water partition coefficient (Wildman–Crippen LogP) is 5.29. The molecule has 0 unspecified atom stereocenters. The molecule has 162 valence electrons. The third-order valence-electron chi connectivity index (χ3n) is 4.61. The Kier molecular flexibility index (Phi) is 8.92. The summed E-state index contributed by atoms with van der Waals surface area (Å²) in [4.78, 5) is 25.1. The fourth-order valence-electron chi connectivity index (χ4n) is 2.86. The SMILES string of the molecule is CSc1ccc(NC(=O)O[C@H](c2ccc(O)cc2)C(C)(C)CCOC(=O)CS)cc1. The molecule has 1 amide bonds. The second-order valence-electron chi connectivity index (χ2n) is 7.35. The number of esters is 1. The van der Waals surface area contributed by atoms with Crippen LogP contribution in [-0.4, -0.2) is 35.8 Å².